The third-order valence-electron chi connectivity index (χ3n) is 3.25. The smallest absolute Gasteiger partial charge is 0.354 e. The summed E-state index contributed by atoms with van der Waals surface area (Å²) < 4.78 is 0. The van der Waals surface area contributed by atoms with E-state index in [1.807, 2.05) is 18.2 Å². The minimum absolute atomic E-state index is 0.00826. The molecule has 0 fully saturated rings. The third kappa shape index (κ3) is 1.45. The van der Waals surface area contributed by atoms with E-state index in [4.69, 9.17) is 5.11 Å². The van der Waals surface area contributed by atoms with E-state index in [-0.39, 0.29) is 5.69 Å². The second-order valence-corrected chi connectivity index (χ2v) is 4.47. The van der Waals surface area contributed by atoms with E-state index < -0.39 is 5.97 Å². The normalized spacial score (nSPS) is 11.4. The molecule has 0 amide bonds. The van der Waals surface area contributed by atoms with Gasteiger partial charge in [-0.3, -0.25) is 0 Å². The number of aromatic amines is 1. The summed E-state index contributed by atoms with van der Waals surface area (Å²) in [5.74, 6) is -1.05. The number of fused-ring (bicyclic) bond motifs is 4. The fraction of sp³-hybridized carbons (Fsp3) is 0. The molecule has 0 aliphatic rings. The number of carbonyl (C=O) groups is 1. The fourth-order valence-corrected chi connectivity index (χ4v) is 2.30. The molecule has 3 heterocycles. The van der Waals surface area contributed by atoms with E-state index in [1.54, 1.807) is 12.4 Å². The average Bonchev–Trinajstić information content (AvgIpc) is 2.91. The average molecular weight is 264 g/mol. The van der Waals surface area contributed by atoms with Crippen molar-refractivity contribution in [1.29, 1.82) is 0 Å². The summed E-state index contributed by atoms with van der Waals surface area (Å²) in [5.41, 5.74) is 2.67. The van der Waals surface area contributed by atoms with Gasteiger partial charge in [0.2, 0.25) is 0 Å². The number of benzene rings is 1. The SMILES string of the molecule is O=C(O)c1ccc2ccc3cc4[nH]cnc4nc3c2n1. The number of aromatic carboxylic acids is 1. The third-order valence-corrected chi connectivity index (χ3v) is 3.25. The maximum Gasteiger partial charge on any atom is 0.354 e. The highest BCUT2D eigenvalue weighted by Gasteiger charge is 2.10. The minimum atomic E-state index is -1.05. The molecular formula is C14H8N4O2. The van der Waals surface area contributed by atoms with Gasteiger partial charge in [-0.2, -0.15) is 0 Å². The first-order valence-corrected chi connectivity index (χ1v) is 5.99. The number of carboxylic acid groups (broad SMARTS) is 1. The maximum absolute atomic E-state index is 11.1. The molecule has 6 heteroatoms. The Kier molecular flexibility index (Phi) is 2.03. The summed E-state index contributed by atoms with van der Waals surface area (Å²) in [6.45, 7) is 0. The van der Waals surface area contributed by atoms with Crippen molar-refractivity contribution in [3.05, 3.63) is 42.4 Å². The van der Waals surface area contributed by atoms with Gasteiger partial charge in [0.1, 0.15) is 5.69 Å². The Morgan fingerprint density at radius 2 is 1.80 bits per heavy atom. The molecule has 0 saturated heterocycles. The van der Waals surface area contributed by atoms with Crippen LogP contribution in [0.4, 0.5) is 0 Å². The summed E-state index contributed by atoms with van der Waals surface area (Å²) in [7, 11) is 0. The highest BCUT2D eigenvalue weighted by atomic mass is 16.4. The van der Waals surface area contributed by atoms with Crippen LogP contribution in [-0.4, -0.2) is 31.0 Å². The Morgan fingerprint density at radius 3 is 2.65 bits per heavy atom. The molecule has 0 bridgehead atoms. The molecule has 1 aromatic carbocycles. The summed E-state index contributed by atoms with van der Waals surface area (Å²) in [5, 5.41) is 10.8. The second kappa shape index (κ2) is 3.74. The lowest BCUT2D eigenvalue weighted by molar-refractivity contribution is 0.0691. The summed E-state index contributed by atoms with van der Waals surface area (Å²) in [6, 6.07) is 9.00. The molecule has 0 aliphatic heterocycles. The number of aromatic nitrogens is 4. The van der Waals surface area contributed by atoms with Crippen molar-refractivity contribution < 1.29 is 9.90 Å². The van der Waals surface area contributed by atoms with E-state index in [1.165, 1.54) is 6.07 Å². The molecule has 96 valence electrons. The molecule has 0 saturated carbocycles. The molecule has 0 radical (unpaired) electrons. The molecule has 6 nitrogen and oxygen atoms in total. The molecule has 3 aromatic heterocycles. The maximum atomic E-state index is 11.1. The van der Waals surface area contributed by atoms with Crippen molar-refractivity contribution >= 4 is 38.9 Å². The summed E-state index contributed by atoms with van der Waals surface area (Å²) in [6.07, 6.45) is 1.58. The number of carboxylic acids is 1. The topological polar surface area (TPSA) is 91.8 Å². The van der Waals surface area contributed by atoms with Crippen molar-refractivity contribution in [2.24, 2.45) is 0 Å². The van der Waals surface area contributed by atoms with Crippen LogP contribution in [0.3, 0.4) is 0 Å². The van der Waals surface area contributed by atoms with E-state index in [0.29, 0.717) is 16.7 Å². The standard InChI is InChI=1S/C14H8N4O2/c19-14(20)9-4-3-7-1-2-8-5-10-13(16-6-15-10)18-12(8)11(7)17-9/h1-6H,(H,19,20)(H,15,16,18). The number of hydrogen-bond donors (Lipinski definition) is 2. The number of H-pyrrole nitrogens is 1. The molecule has 0 aliphatic carbocycles. The van der Waals surface area contributed by atoms with Crippen molar-refractivity contribution in [2.75, 3.05) is 0 Å². The first-order valence-electron chi connectivity index (χ1n) is 5.99. The molecule has 20 heavy (non-hydrogen) atoms. The van der Waals surface area contributed by atoms with E-state index in [0.717, 1.165) is 16.3 Å². The lowest BCUT2D eigenvalue weighted by Gasteiger charge is -2.03. The zero-order valence-electron chi connectivity index (χ0n) is 10.2. The molecule has 0 unspecified atom stereocenters. The van der Waals surface area contributed by atoms with Gasteiger partial charge in [0, 0.05) is 10.8 Å². The van der Waals surface area contributed by atoms with Gasteiger partial charge < -0.3 is 10.1 Å². The highest BCUT2D eigenvalue weighted by Crippen LogP contribution is 2.24. The van der Waals surface area contributed by atoms with E-state index in [2.05, 4.69) is 19.9 Å². The van der Waals surface area contributed by atoms with Crippen molar-refractivity contribution in [1.82, 2.24) is 19.9 Å². The van der Waals surface area contributed by atoms with Crippen LogP contribution in [-0.2, 0) is 0 Å². The molecule has 0 atom stereocenters. The van der Waals surface area contributed by atoms with E-state index >= 15 is 0 Å². The van der Waals surface area contributed by atoms with Gasteiger partial charge in [0.25, 0.3) is 0 Å². The van der Waals surface area contributed by atoms with Crippen LogP contribution < -0.4 is 0 Å². The van der Waals surface area contributed by atoms with Crippen LogP contribution in [0.1, 0.15) is 10.5 Å². The van der Waals surface area contributed by atoms with Gasteiger partial charge in [0.05, 0.1) is 22.9 Å². The Hall–Kier alpha value is -3.02. The molecule has 4 rings (SSSR count). The highest BCUT2D eigenvalue weighted by molar-refractivity contribution is 6.06. The molecule has 2 N–H and O–H groups in total. The van der Waals surface area contributed by atoms with Gasteiger partial charge in [0.15, 0.2) is 5.65 Å². The number of rotatable bonds is 1. The largest absolute Gasteiger partial charge is 0.477 e. The van der Waals surface area contributed by atoms with Gasteiger partial charge >= 0.3 is 5.97 Å². The van der Waals surface area contributed by atoms with Crippen LogP contribution in [0.25, 0.3) is 33.0 Å². The Bertz CT molecular complexity index is 990. The van der Waals surface area contributed by atoms with Gasteiger partial charge in [-0.25, -0.2) is 19.7 Å². The monoisotopic (exact) mass is 264 g/mol. The molecular weight excluding hydrogens is 256 g/mol. The number of nitrogens with zero attached hydrogens (tertiary/aromatic N) is 3. The van der Waals surface area contributed by atoms with E-state index in [9.17, 15) is 4.79 Å². The summed E-state index contributed by atoms with van der Waals surface area (Å²) in [4.78, 5) is 26.8. The zero-order chi connectivity index (χ0) is 13.7. The van der Waals surface area contributed by atoms with Gasteiger partial charge in [-0.05, 0) is 12.1 Å². The zero-order valence-corrected chi connectivity index (χ0v) is 10.2. The van der Waals surface area contributed by atoms with Gasteiger partial charge in [-0.15, -0.1) is 0 Å². The lowest BCUT2D eigenvalue weighted by Crippen LogP contribution is -2.00. The van der Waals surface area contributed by atoms with Crippen LogP contribution in [0.15, 0.2) is 36.7 Å². The fourth-order valence-electron chi connectivity index (χ4n) is 2.30. The predicted molar refractivity (Wildman–Crippen MR) is 73.7 cm³/mol. The first kappa shape index (κ1) is 10.9. The minimum Gasteiger partial charge on any atom is -0.477 e. The van der Waals surface area contributed by atoms with Crippen LogP contribution in [0.5, 0.6) is 0 Å². The van der Waals surface area contributed by atoms with Crippen LogP contribution in [0.2, 0.25) is 0 Å². The first-order chi connectivity index (χ1) is 9.72. The number of pyridine rings is 2. The van der Waals surface area contributed by atoms with Crippen LogP contribution in [0, 0.1) is 0 Å². The van der Waals surface area contributed by atoms with Gasteiger partial charge in [-0.1, -0.05) is 18.2 Å². The predicted octanol–water partition coefficient (Wildman–Crippen LogP) is 2.36. The Labute approximate surface area is 112 Å². The van der Waals surface area contributed by atoms with Crippen molar-refractivity contribution in [3.63, 3.8) is 0 Å². The quantitative estimate of drug-likeness (QED) is 0.515. The molecule has 4 aromatic rings. The van der Waals surface area contributed by atoms with Crippen molar-refractivity contribution in [2.45, 2.75) is 0 Å². The summed E-state index contributed by atoms with van der Waals surface area (Å²) >= 11 is 0. The lowest BCUT2D eigenvalue weighted by atomic mass is 10.1. The van der Waals surface area contributed by atoms with Crippen molar-refractivity contribution in [3.8, 4) is 0 Å². The number of imidazole rings is 1. The second-order valence-electron chi connectivity index (χ2n) is 4.47. The number of nitrogens with one attached hydrogen (secondary N) is 1. The molecule has 0 spiro atoms. The number of hydrogen-bond acceptors (Lipinski definition) is 4. The Morgan fingerprint density at radius 1 is 1.05 bits per heavy atom. The van der Waals surface area contributed by atoms with Crippen LogP contribution >= 0.6 is 0 Å². The Balaban J connectivity index is 2.19.